The first-order chi connectivity index (χ1) is 6.69. The van der Waals surface area contributed by atoms with Gasteiger partial charge in [0.25, 0.3) is 0 Å². The monoisotopic (exact) mass is 198 g/mol. The molecule has 14 heavy (non-hydrogen) atoms. The maximum Gasteiger partial charge on any atom is 0.188 e. The lowest BCUT2D eigenvalue weighted by molar-refractivity contribution is 0.0504. The van der Waals surface area contributed by atoms with E-state index in [1.807, 2.05) is 0 Å². The van der Waals surface area contributed by atoms with Gasteiger partial charge in [0, 0.05) is 13.2 Å². The van der Waals surface area contributed by atoms with Crippen LogP contribution in [0.2, 0.25) is 0 Å². The predicted molar refractivity (Wildman–Crippen MR) is 49.0 cm³/mol. The van der Waals surface area contributed by atoms with Crippen LogP contribution in [-0.2, 0) is 4.74 Å². The normalized spacial score (nSPS) is 9.93. The van der Waals surface area contributed by atoms with Gasteiger partial charge in [0.1, 0.15) is 11.6 Å². The average molecular weight is 198 g/mol. The van der Waals surface area contributed by atoms with E-state index in [0.29, 0.717) is 17.6 Å². The van der Waals surface area contributed by atoms with E-state index in [2.05, 4.69) is 4.74 Å². The second-order valence-corrected chi connectivity index (χ2v) is 2.81. The highest BCUT2D eigenvalue weighted by molar-refractivity contribution is 5.76. The number of ether oxygens (including phenoxy) is 2. The molecule has 0 aliphatic rings. The molecule has 0 saturated carbocycles. The van der Waals surface area contributed by atoms with Gasteiger partial charge < -0.3 is 9.47 Å². The van der Waals surface area contributed by atoms with Crippen LogP contribution in [0.25, 0.3) is 0 Å². The van der Waals surface area contributed by atoms with E-state index in [1.165, 1.54) is 19.2 Å². The van der Waals surface area contributed by atoms with E-state index < -0.39 is 5.82 Å². The molecule has 0 bridgehead atoms. The zero-order valence-corrected chi connectivity index (χ0v) is 8.04. The molecule has 0 fully saturated rings. The summed E-state index contributed by atoms with van der Waals surface area (Å²) < 4.78 is 22.9. The molecule has 0 spiro atoms. The van der Waals surface area contributed by atoms with Crippen molar-refractivity contribution in [3.05, 3.63) is 29.1 Å². The molecule has 0 radical (unpaired) electrons. The van der Waals surface area contributed by atoms with Crippen molar-refractivity contribution in [2.75, 3.05) is 13.9 Å². The van der Waals surface area contributed by atoms with Crippen LogP contribution in [0.4, 0.5) is 4.39 Å². The molecule has 4 heteroatoms. The average Bonchev–Trinajstić information content (AvgIpc) is 2.18. The van der Waals surface area contributed by atoms with Crippen LogP contribution in [0.15, 0.2) is 12.1 Å². The molecule has 0 N–H and O–H groups in total. The van der Waals surface area contributed by atoms with Gasteiger partial charge in [-0.3, -0.25) is 4.79 Å². The van der Waals surface area contributed by atoms with Crippen LogP contribution in [0, 0.1) is 12.7 Å². The lowest BCUT2D eigenvalue weighted by atomic mass is 10.1. The predicted octanol–water partition coefficient (Wildman–Crippen LogP) is 1.93. The van der Waals surface area contributed by atoms with Crippen LogP contribution >= 0.6 is 0 Å². The molecule has 0 heterocycles. The Morgan fingerprint density at radius 3 is 2.79 bits per heavy atom. The number of rotatable bonds is 4. The highest BCUT2D eigenvalue weighted by Gasteiger charge is 2.07. The minimum absolute atomic E-state index is 0.0345. The number of hydrogen-bond acceptors (Lipinski definition) is 3. The Labute approximate surface area is 81.4 Å². The molecule has 0 atom stereocenters. The molecule has 1 aromatic carbocycles. The van der Waals surface area contributed by atoms with Gasteiger partial charge >= 0.3 is 0 Å². The number of halogens is 1. The fraction of sp³-hybridized carbons (Fsp3) is 0.300. The molecule has 0 aliphatic heterocycles. The smallest absolute Gasteiger partial charge is 0.188 e. The summed E-state index contributed by atoms with van der Waals surface area (Å²) in [4.78, 5) is 10.4. The molecule has 0 aromatic heterocycles. The van der Waals surface area contributed by atoms with Crippen molar-refractivity contribution in [3.8, 4) is 5.75 Å². The van der Waals surface area contributed by atoms with Crippen molar-refractivity contribution >= 4 is 6.29 Å². The number of carbonyl (C=O) groups excluding carboxylic acids is 1. The van der Waals surface area contributed by atoms with Crippen LogP contribution in [0.5, 0.6) is 5.75 Å². The second-order valence-electron chi connectivity index (χ2n) is 2.81. The molecule has 3 nitrogen and oxygen atoms in total. The van der Waals surface area contributed by atoms with Crippen molar-refractivity contribution in [2.45, 2.75) is 6.92 Å². The number of hydrogen-bond donors (Lipinski definition) is 0. The van der Waals surface area contributed by atoms with Crippen molar-refractivity contribution in [1.29, 1.82) is 0 Å². The van der Waals surface area contributed by atoms with Crippen molar-refractivity contribution in [3.63, 3.8) is 0 Å². The third-order valence-electron chi connectivity index (χ3n) is 1.75. The van der Waals surface area contributed by atoms with Crippen LogP contribution in [0.3, 0.4) is 0 Å². The Morgan fingerprint density at radius 1 is 1.50 bits per heavy atom. The van der Waals surface area contributed by atoms with E-state index in [0.717, 1.165) is 0 Å². The second kappa shape index (κ2) is 4.72. The largest absolute Gasteiger partial charge is 0.467 e. The Bertz CT molecular complexity index is 336. The molecular formula is C10H11FO3. The summed E-state index contributed by atoms with van der Waals surface area (Å²) in [5, 5.41) is 0. The number of aryl methyl sites for hydroxylation is 1. The Morgan fingerprint density at radius 2 is 2.21 bits per heavy atom. The molecule has 0 saturated heterocycles. The number of aldehydes is 1. The van der Waals surface area contributed by atoms with E-state index >= 15 is 0 Å². The molecule has 76 valence electrons. The fourth-order valence-electron chi connectivity index (χ4n) is 1.05. The highest BCUT2D eigenvalue weighted by Crippen LogP contribution is 2.21. The van der Waals surface area contributed by atoms with Crippen molar-refractivity contribution in [1.82, 2.24) is 0 Å². The van der Waals surface area contributed by atoms with Crippen molar-refractivity contribution < 1.29 is 18.7 Å². The molecule has 0 amide bonds. The van der Waals surface area contributed by atoms with Gasteiger partial charge in [-0.25, -0.2) is 4.39 Å². The summed E-state index contributed by atoms with van der Waals surface area (Å²) in [6, 6.07) is 2.62. The summed E-state index contributed by atoms with van der Waals surface area (Å²) >= 11 is 0. The lowest BCUT2D eigenvalue weighted by Gasteiger charge is -2.08. The fourth-order valence-corrected chi connectivity index (χ4v) is 1.05. The summed E-state index contributed by atoms with van der Waals surface area (Å²) in [6.45, 7) is 1.79. The number of benzene rings is 1. The van der Waals surface area contributed by atoms with Gasteiger partial charge in [0.2, 0.25) is 0 Å². The molecule has 0 unspecified atom stereocenters. The van der Waals surface area contributed by atoms with E-state index in [9.17, 15) is 9.18 Å². The van der Waals surface area contributed by atoms with Crippen molar-refractivity contribution in [2.24, 2.45) is 0 Å². The van der Waals surface area contributed by atoms with E-state index in [4.69, 9.17) is 4.74 Å². The Hall–Kier alpha value is -1.42. The first-order valence-electron chi connectivity index (χ1n) is 4.06. The molecule has 0 aliphatic carbocycles. The van der Waals surface area contributed by atoms with Gasteiger partial charge in [-0.1, -0.05) is 0 Å². The van der Waals surface area contributed by atoms with Gasteiger partial charge in [-0.2, -0.15) is 0 Å². The summed E-state index contributed by atoms with van der Waals surface area (Å²) in [7, 11) is 1.48. The molecule has 1 aromatic rings. The van der Waals surface area contributed by atoms with E-state index in [-0.39, 0.29) is 12.4 Å². The van der Waals surface area contributed by atoms with E-state index in [1.54, 1.807) is 6.92 Å². The zero-order valence-electron chi connectivity index (χ0n) is 8.04. The number of methoxy groups -OCH3 is 1. The summed E-state index contributed by atoms with van der Waals surface area (Å²) in [5.41, 5.74) is 0.734. The summed E-state index contributed by atoms with van der Waals surface area (Å²) in [6.07, 6.45) is 0.475. The quantitative estimate of drug-likeness (QED) is 0.547. The maximum atomic E-state index is 13.1. The minimum atomic E-state index is -0.586. The van der Waals surface area contributed by atoms with Crippen LogP contribution in [0.1, 0.15) is 15.9 Å². The Balaban J connectivity index is 2.96. The van der Waals surface area contributed by atoms with Gasteiger partial charge in [0.05, 0.1) is 5.56 Å². The molecule has 1 rings (SSSR count). The maximum absolute atomic E-state index is 13.1. The van der Waals surface area contributed by atoms with Crippen LogP contribution in [-0.4, -0.2) is 20.2 Å². The van der Waals surface area contributed by atoms with Gasteiger partial charge in [0.15, 0.2) is 13.1 Å². The zero-order chi connectivity index (χ0) is 10.6. The first-order valence-corrected chi connectivity index (χ1v) is 4.06. The third kappa shape index (κ3) is 2.29. The third-order valence-corrected chi connectivity index (χ3v) is 1.75. The summed E-state index contributed by atoms with van der Waals surface area (Å²) in [5.74, 6) is -0.202. The SMILES string of the molecule is COCOc1cc(F)c(C=O)cc1C. The van der Waals surface area contributed by atoms with Gasteiger partial charge in [-0.15, -0.1) is 0 Å². The lowest BCUT2D eigenvalue weighted by Crippen LogP contribution is -2.02. The molecular weight excluding hydrogens is 187 g/mol. The standard InChI is InChI=1S/C10H11FO3/c1-7-3-8(5-12)9(11)4-10(7)14-6-13-2/h3-5H,6H2,1-2H3. The first kappa shape index (κ1) is 10.7. The Kier molecular flexibility index (Phi) is 3.59. The topological polar surface area (TPSA) is 35.5 Å². The minimum Gasteiger partial charge on any atom is -0.467 e. The van der Waals surface area contributed by atoms with Crippen LogP contribution < -0.4 is 4.74 Å². The van der Waals surface area contributed by atoms with Gasteiger partial charge in [-0.05, 0) is 18.6 Å². The number of carbonyl (C=O) groups is 1. The highest BCUT2D eigenvalue weighted by atomic mass is 19.1.